The maximum absolute atomic E-state index is 13.3. The fourth-order valence-electron chi connectivity index (χ4n) is 11.8. The number of hydrogen-bond acceptors (Lipinski definition) is 13. The number of ether oxygens (including phenoxy) is 4. The monoisotopic (exact) mass is 1210 g/mol. The molecule has 0 aromatic carbocycles. The molecule has 0 aliphatic carbocycles. The summed E-state index contributed by atoms with van der Waals surface area (Å²) in [5.74, 6) is -0.244. The summed E-state index contributed by atoms with van der Waals surface area (Å²) in [6.45, 7) is 2.80. The number of aliphatic hydroxyl groups excluding tert-OH is 8. The van der Waals surface area contributed by atoms with Gasteiger partial charge in [0.25, 0.3) is 0 Å². The Morgan fingerprint density at radius 3 is 1.15 bits per heavy atom. The van der Waals surface area contributed by atoms with Gasteiger partial charge in [-0.15, -0.1) is 0 Å². The van der Waals surface area contributed by atoms with Gasteiger partial charge in [0.1, 0.15) is 48.8 Å². The first-order valence-corrected chi connectivity index (χ1v) is 35.7. The predicted molar refractivity (Wildman–Crippen MR) is 346 cm³/mol. The van der Waals surface area contributed by atoms with E-state index in [1.165, 1.54) is 250 Å². The van der Waals surface area contributed by atoms with Crippen molar-refractivity contribution in [1.29, 1.82) is 0 Å². The van der Waals surface area contributed by atoms with Crippen molar-refractivity contribution in [2.75, 3.05) is 19.8 Å². The van der Waals surface area contributed by atoms with Gasteiger partial charge in [-0.05, 0) is 57.8 Å². The predicted octanol–water partition coefficient (Wildman–Crippen LogP) is 14.5. The van der Waals surface area contributed by atoms with Gasteiger partial charge in [0.15, 0.2) is 12.6 Å². The van der Waals surface area contributed by atoms with Gasteiger partial charge < -0.3 is 65.1 Å². The fraction of sp³-hybridized carbons (Fsp3) is 0.901. The number of carbonyl (C=O) groups is 1. The second-order valence-electron chi connectivity index (χ2n) is 25.4. The number of nitrogens with one attached hydrogen (secondary N) is 1. The Labute approximate surface area is 519 Å². The lowest BCUT2D eigenvalue weighted by atomic mass is 9.97. The molecular formula is C71H133NO13. The van der Waals surface area contributed by atoms with Gasteiger partial charge >= 0.3 is 0 Å². The highest BCUT2D eigenvalue weighted by molar-refractivity contribution is 5.76. The van der Waals surface area contributed by atoms with Gasteiger partial charge in [-0.3, -0.25) is 4.79 Å². The molecule has 85 heavy (non-hydrogen) atoms. The molecule has 2 heterocycles. The number of allylic oxidation sites excluding steroid dienone is 5. The minimum atomic E-state index is -1.79. The smallest absolute Gasteiger partial charge is 0.220 e. The topological polar surface area (TPSA) is 228 Å². The van der Waals surface area contributed by atoms with E-state index in [-0.39, 0.29) is 18.9 Å². The average Bonchev–Trinajstić information content (AvgIpc) is 3.65. The number of carbonyl (C=O) groups excluding carboxylic acids is 1. The molecule has 2 aliphatic heterocycles. The van der Waals surface area contributed by atoms with Crippen LogP contribution in [-0.4, -0.2) is 140 Å². The van der Waals surface area contributed by atoms with Crippen LogP contribution >= 0.6 is 0 Å². The zero-order chi connectivity index (χ0) is 61.6. The molecule has 12 atom stereocenters. The Morgan fingerprint density at radius 1 is 0.412 bits per heavy atom. The van der Waals surface area contributed by atoms with Crippen LogP contribution in [0.1, 0.15) is 316 Å². The van der Waals surface area contributed by atoms with Gasteiger partial charge in [0, 0.05) is 6.42 Å². The summed E-state index contributed by atoms with van der Waals surface area (Å²) in [5.41, 5.74) is 0. The third kappa shape index (κ3) is 40.5. The quantitative estimate of drug-likeness (QED) is 0.0204. The standard InChI is InChI=1S/C71H133NO13/c1-3-5-7-9-11-13-15-17-19-20-21-22-23-24-25-26-27-28-29-30-31-32-33-34-35-36-37-38-39-40-41-43-45-47-49-51-53-55-63(76)72-59(60(75)54-52-50-48-46-44-42-18-16-14-12-10-8-6-4-2)58-82-70-68(81)66(79)69(62(57-74)84-70)85-71-67(80)65(78)64(77)61(56-73)83-71/h20-21,44,46,52,54,59-62,64-71,73-75,77-81H,3-19,22-43,45,47-51,53,55-58H2,1-2H3,(H,72,76)/b21-20-,46-44+,54-52+. The molecule has 9 N–H and O–H groups in total. The third-order valence-electron chi connectivity index (χ3n) is 17.5. The van der Waals surface area contributed by atoms with E-state index in [1.54, 1.807) is 6.08 Å². The Balaban J connectivity index is 1.57. The van der Waals surface area contributed by atoms with Crippen molar-refractivity contribution in [1.82, 2.24) is 5.32 Å². The highest BCUT2D eigenvalue weighted by Gasteiger charge is 2.51. The van der Waals surface area contributed by atoms with Crippen molar-refractivity contribution in [3.63, 3.8) is 0 Å². The van der Waals surface area contributed by atoms with E-state index in [0.29, 0.717) is 12.8 Å². The average molecular weight is 1210 g/mol. The van der Waals surface area contributed by atoms with Crippen LogP contribution in [0.5, 0.6) is 0 Å². The lowest BCUT2D eigenvalue weighted by Crippen LogP contribution is -2.65. The van der Waals surface area contributed by atoms with Crippen LogP contribution in [0.25, 0.3) is 0 Å². The van der Waals surface area contributed by atoms with Crippen molar-refractivity contribution in [3.8, 4) is 0 Å². The zero-order valence-corrected chi connectivity index (χ0v) is 54.4. The van der Waals surface area contributed by atoms with Crippen molar-refractivity contribution >= 4 is 5.91 Å². The van der Waals surface area contributed by atoms with Crippen molar-refractivity contribution < 1.29 is 64.6 Å². The molecule has 2 rings (SSSR count). The summed E-state index contributed by atoms with van der Waals surface area (Å²) in [6.07, 6.45) is 55.2. The maximum atomic E-state index is 13.3. The Bertz CT molecular complexity index is 1560. The van der Waals surface area contributed by atoms with Crippen molar-refractivity contribution in [3.05, 3.63) is 36.5 Å². The fourth-order valence-corrected chi connectivity index (χ4v) is 11.8. The molecule has 0 aromatic rings. The number of amides is 1. The highest BCUT2D eigenvalue weighted by Crippen LogP contribution is 2.30. The lowest BCUT2D eigenvalue weighted by Gasteiger charge is -2.46. The van der Waals surface area contributed by atoms with Crippen LogP contribution in [-0.2, 0) is 23.7 Å². The molecule has 14 nitrogen and oxygen atoms in total. The largest absolute Gasteiger partial charge is 0.394 e. The highest BCUT2D eigenvalue weighted by atomic mass is 16.7. The first kappa shape index (κ1) is 79.3. The van der Waals surface area contributed by atoms with Crippen molar-refractivity contribution in [2.24, 2.45) is 0 Å². The van der Waals surface area contributed by atoms with E-state index in [9.17, 15) is 45.6 Å². The number of unbranched alkanes of at least 4 members (excludes halogenated alkanes) is 42. The minimum Gasteiger partial charge on any atom is -0.394 e. The van der Waals surface area contributed by atoms with E-state index in [0.717, 1.165) is 32.1 Å². The summed E-state index contributed by atoms with van der Waals surface area (Å²) in [6, 6.07) is -0.929. The van der Waals surface area contributed by atoms with Crippen LogP contribution in [0.4, 0.5) is 0 Å². The Morgan fingerprint density at radius 2 is 0.753 bits per heavy atom. The first-order valence-electron chi connectivity index (χ1n) is 35.7. The van der Waals surface area contributed by atoms with E-state index in [2.05, 4.69) is 43.5 Å². The lowest BCUT2D eigenvalue weighted by molar-refractivity contribution is -0.359. The third-order valence-corrected chi connectivity index (χ3v) is 17.5. The summed E-state index contributed by atoms with van der Waals surface area (Å²) >= 11 is 0. The normalized spacial score (nSPS) is 23.7. The second kappa shape index (κ2) is 56.2. The van der Waals surface area contributed by atoms with E-state index >= 15 is 0 Å². The number of rotatable bonds is 59. The molecule has 0 saturated carbocycles. The summed E-state index contributed by atoms with van der Waals surface area (Å²) in [7, 11) is 0. The van der Waals surface area contributed by atoms with Crippen molar-refractivity contribution in [2.45, 2.75) is 389 Å². The Hall–Kier alpha value is -1.79. The van der Waals surface area contributed by atoms with Crippen LogP contribution in [0.15, 0.2) is 36.5 Å². The molecule has 0 aromatic heterocycles. The molecule has 2 fully saturated rings. The van der Waals surface area contributed by atoms with E-state index < -0.39 is 86.8 Å². The molecule has 1 amide bonds. The first-order chi connectivity index (χ1) is 41.6. The minimum absolute atomic E-state index is 0.244. The molecular weight excluding hydrogens is 1070 g/mol. The van der Waals surface area contributed by atoms with Crippen LogP contribution < -0.4 is 5.32 Å². The zero-order valence-electron chi connectivity index (χ0n) is 54.4. The van der Waals surface area contributed by atoms with E-state index in [1.807, 2.05) is 6.08 Å². The van der Waals surface area contributed by atoms with Gasteiger partial charge in [0.2, 0.25) is 5.91 Å². The molecule has 14 heteroatoms. The molecule has 12 unspecified atom stereocenters. The van der Waals surface area contributed by atoms with Gasteiger partial charge in [-0.1, -0.05) is 288 Å². The second-order valence-corrected chi connectivity index (χ2v) is 25.4. The van der Waals surface area contributed by atoms with E-state index in [4.69, 9.17) is 18.9 Å². The van der Waals surface area contributed by atoms with Crippen LogP contribution in [0, 0.1) is 0 Å². The Kier molecular flexibility index (Phi) is 52.4. The molecule has 2 aliphatic rings. The van der Waals surface area contributed by atoms with Gasteiger partial charge in [-0.25, -0.2) is 0 Å². The summed E-state index contributed by atoms with van der Waals surface area (Å²) in [4.78, 5) is 13.3. The number of hydrogen-bond donors (Lipinski definition) is 9. The van der Waals surface area contributed by atoms with Gasteiger partial charge in [0.05, 0.1) is 32.0 Å². The summed E-state index contributed by atoms with van der Waals surface area (Å²) < 4.78 is 22.8. The molecule has 0 radical (unpaired) electrons. The summed E-state index contributed by atoms with van der Waals surface area (Å²) in [5, 5.41) is 87.2. The molecule has 2 saturated heterocycles. The SMILES string of the molecule is CCCCCCCCCC/C=C\CCCCCCCCCCCCCCCCCCCCCCCCCCCC(=O)NC(COC1OC(CO)C(OC2OC(CO)C(O)C(O)C2O)C(O)C1O)C(O)/C=C/CC/C=C/CCCCCCCCCC. The molecule has 0 bridgehead atoms. The van der Waals surface area contributed by atoms with Gasteiger partial charge in [-0.2, -0.15) is 0 Å². The van der Waals surface area contributed by atoms with Crippen LogP contribution in [0.3, 0.4) is 0 Å². The van der Waals surface area contributed by atoms with Crippen LogP contribution in [0.2, 0.25) is 0 Å². The number of aliphatic hydroxyl groups is 8. The maximum Gasteiger partial charge on any atom is 0.220 e. The molecule has 500 valence electrons. The molecule has 0 spiro atoms.